The number of carbonyl (C=O) groups is 1. The van der Waals surface area contributed by atoms with E-state index in [0.717, 1.165) is 0 Å². The number of carbonyl (C=O) groups excluding carboxylic acids is 1. The van der Waals surface area contributed by atoms with E-state index in [0.29, 0.717) is 12.0 Å². The Bertz CT molecular complexity index is 476. The molecule has 1 N–H and O–H groups in total. The first-order valence-corrected chi connectivity index (χ1v) is 6.15. The molecular weight excluding hydrogens is 275 g/mol. The molecule has 110 valence electrons. The predicted octanol–water partition coefficient (Wildman–Crippen LogP) is 2.55. The second-order valence-corrected chi connectivity index (χ2v) is 4.44. The maximum absolute atomic E-state index is 12.4. The van der Waals surface area contributed by atoms with Crippen molar-refractivity contribution in [2.24, 2.45) is 0 Å². The van der Waals surface area contributed by atoms with E-state index in [1.165, 1.54) is 12.1 Å². The summed E-state index contributed by atoms with van der Waals surface area (Å²) in [6.07, 6.45) is -4.09. The normalized spacial score (nSPS) is 20.8. The number of halogens is 3. The van der Waals surface area contributed by atoms with E-state index in [1.807, 2.05) is 0 Å². The minimum Gasteiger partial charge on any atom is -0.405 e. The highest BCUT2D eigenvalue weighted by molar-refractivity contribution is 5.75. The third-order valence-electron chi connectivity index (χ3n) is 2.99. The molecule has 0 spiro atoms. The zero-order valence-corrected chi connectivity index (χ0v) is 10.6. The molecule has 1 fully saturated rings. The molecule has 1 aromatic rings. The SMILES string of the molecule is O=C1CCC(c2ccccc2OC(F)(F)F)COCN1. The average molecular weight is 289 g/mol. The van der Waals surface area contributed by atoms with Gasteiger partial charge in [0.15, 0.2) is 0 Å². The molecule has 4 nitrogen and oxygen atoms in total. The van der Waals surface area contributed by atoms with Crippen LogP contribution in [0.25, 0.3) is 0 Å². The van der Waals surface area contributed by atoms with Gasteiger partial charge in [0.1, 0.15) is 12.5 Å². The first-order chi connectivity index (χ1) is 9.46. The van der Waals surface area contributed by atoms with Crippen LogP contribution in [0.3, 0.4) is 0 Å². The molecule has 0 saturated carbocycles. The molecule has 0 bridgehead atoms. The second-order valence-electron chi connectivity index (χ2n) is 4.44. The Morgan fingerprint density at radius 1 is 1.30 bits per heavy atom. The number of nitrogens with one attached hydrogen (secondary N) is 1. The lowest BCUT2D eigenvalue weighted by molar-refractivity contribution is -0.275. The highest BCUT2D eigenvalue weighted by atomic mass is 19.4. The van der Waals surface area contributed by atoms with Crippen LogP contribution in [0.4, 0.5) is 13.2 Å². The van der Waals surface area contributed by atoms with Gasteiger partial charge in [-0.3, -0.25) is 4.79 Å². The summed E-state index contributed by atoms with van der Waals surface area (Å²) in [5.41, 5.74) is 0.402. The van der Waals surface area contributed by atoms with Gasteiger partial charge >= 0.3 is 6.36 Å². The van der Waals surface area contributed by atoms with E-state index in [-0.39, 0.29) is 37.3 Å². The minimum atomic E-state index is -4.74. The quantitative estimate of drug-likeness (QED) is 0.910. The van der Waals surface area contributed by atoms with Gasteiger partial charge in [-0.05, 0) is 18.1 Å². The fourth-order valence-corrected chi connectivity index (χ4v) is 2.09. The Hall–Kier alpha value is -1.76. The fourth-order valence-electron chi connectivity index (χ4n) is 2.09. The maximum Gasteiger partial charge on any atom is 0.573 e. The molecule has 1 aliphatic rings. The zero-order valence-electron chi connectivity index (χ0n) is 10.6. The van der Waals surface area contributed by atoms with Crippen molar-refractivity contribution >= 4 is 5.91 Å². The molecule has 1 aromatic carbocycles. The Kier molecular flexibility index (Phi) is 4.49. The topological polar surface area (TPSA) is 47.6 Å². The molecule has 0 radical (unpaired) electrons. The first-order valence-electron chi connectivity index (χ1n) is 6.15. The number of para-hydroxylation sites is 1. The summed E-state index contributed by atoms with van der Waals surface area (Å²) in [5, 5.41) is 2.54. The summed E-state index contributed by atoms with van der Waals surface area (Å²) in [4.78, 5) is 11.3. The van der Waals surface area contributed by atoms with Gasteiger partial charge in [-0.1, -0.05) is 18.2 Å². The Morgan fingerprint density at radius 2 is 2.05 bits per heavy atom. The van der Waals surface area contributed by atoms with E-state index in [2.05, 4.69) is 10.1 Å². The van der Waals surface area contributed by atoms with Crippen molar-refractivity contribution in [3.05, 3.63) is 29.8 Å². The van der Waals surface area contributed by atoms with Crippen LogP contribution in [0, 0.1) is 0 Å². The van der Waals surface area contributed by atoms with Gasteiger partial charge in [0, 0.05) is 12.3 Å². The van der Waals surface area contributed by atoms with Crippen LogP contribution in [-0.4, -0.2) is 25.6 Å². The van der Waals surface area contributed by atoms with Gasteiger partial charge in [0.2, 0.25) is 5.91 Å². The predicted molar refractivity (Wildman–Crippen MR) is 64.1 cm³/mol. The van der Waals surface area contributed by atoms with Gasteiger partial charge in [-0.2, -0.15) is 0 Å². The molecule has 1 saturated heterocycles. The smallest absolute Gasteiger partial charge is 0.405 e. The number of alkyl halides is 3. The van der Waals surface area contributed by atoms with E-state index < -0.39 is 6.36 Å². The zero-order chi connectivity index (χ0) is 14.6. The summed E-state index contributed by atoms with van der Waals surface area (Å²) in [7, 11) is 0. The van der Waals surface area contributed by atoms with Crippen molar-refractivity contribution in [1.29, 1.82) is 0 Å². The van der Waals surface area contributed by atoms with Gasteiger partial charge < -0.3 is 14.8 Å². The van der Waals surface area contributed by atoms with Gasteiger partial charge in [0.05, 0.1) is 6.61 Å². The molecule has 0 aromatic heterocycles. The van der Waals surface area contributed by atoms with Crippen LogP contribution in [0.1, 0.15) is 24.3 Å². The Balaban J connectivity index is 2.19. The van der Waals surface area contributed by atoms with Crippen molar-refractivity contribution in [2.75, 3.05) is 13.3 Å². The lowest BCUT2D eigenvalue weighted by atomic mass is 9.93. The Morgan fingerprint density at radius 3 is 2.80 bits per heavy atom. The molecule has 1 unspecified atom stereocenters. The van der Waals surface area contributed by atoms with Crippen molar-refractivity contribution in [1.82, 2.24) is 5.32 Å². The first kappa shape index (κ1) is 14.6. The van der Waals surface area contributed by atoms with Crippen LogP contribution < -0.4 is 10.1 Å². The second kappa shape index (κ2) is 6.13. The molecule has 1 amide bonds. The minimum absolute atomic E-state index is 0.0671. The molecule has 1 atom stereocenters. The number of amides is 1. The Labute approximate surface area is 113 Å². The van der Waals surface area contributed by atoms with Gasteiger partial charge in [0.25, 0.3) is 0 Å². The standard InChI is InChI=1S/C13H14F3NO3/c14-13(15,16)20-11-4-2-1-3-10(11)9-5-6-12(18)17-8-19-7-9/h1-4,9H,5-8H2,(H,17,18). The van der Waals surface area contributed by atoms with Crippen LogP contribution in [0.2, 0.25) is 0 Å². The summed E-state index contributed by atoms with van der Waals surface area (Å²) in [5.74, 6) is -0.724. The number of rotatable bonds is 2. The number of hydrogen-bond donors (Lipinski definition) is 1. The molecule has 2 rings (SSSR count). The van der Waals surface area contributed by atoms with Gasteiger partial charge in [-0.25, -0.2) is 0 Å². The lowest BCUT2D eigenvalue weighted by Gasteiger charge is -2.23. The van der Waals surface area contributed by atoms with Crippen molar-refractivity contribution in [2.45, 2.75) is 25.1 Å². The third-order valence-corrected chi connectivity index (χ3v) is 2.99. The summed E-state index contributed by atoms with van der Waals surface area (Å²) >= 11 is 0. The van der Waals surface area contributed by atoms with E-state index >= 15 is 0 Å². The molecule has 0 aliphatic carbocycles. The van der Waals surface area contributed by atoms with Crippen LogP contribution >= 0.6 is 0 Å². The molecule has 7 heteroatoms. The van der Waals surface area contributed by atoms with E-state index in [4.69, 9.17) is 4.74 Å². The molecule has 20 heavy (non-hydrogen) atoms. The summed E-state index contributed by atoms with van der Waals surface area (Å²) in [6.45, 7) is 0.302. The molecular formula is C13H14F3NO3. The highest BCUT2D eigenvalue weighted by Crippen LogP contribution is 2.33. The number of benzene rings is 1. The summed E-state index contributed by atoms with van der Waals surface area (Å²) in [6, 6.07) is 5.94. The van der Waals surface area contributed by atoms with Crippen molar-refractivity contribution < 1.29 is 27.4 Å². The van der Waals surface area contributed by atoms with Crippen molar-refractivity contribution in [3.63, 3.8) is 0 Å². The van der Waals surface area contributed by atoms with E-state index in [9.17, 15) is 18.0 Å². The third kappa shape index (κ3) is 4.12. The van der Waals surface area contributed by atoms with Crippen molar-refractivity contribution in [3.8, 4) is 5.75 Å². The lowest BCUT2D eigenvalue weighted by Crippen LogP contribution is -2.30. The molecule has 1 aliphatic heterocycles. The largest absolute Gasteiger partial charge is 0.573 e. The maximum atomic E-state index is 12.4. The van der Waals surface area contributed by atoms with Crippen LogP contribution in [-0.2, 0) is 9.53 Å². The average Bonchev–Trinajstić information content (AvgIpc) is 2.34. The van der Waals surface area contributed by atoms with E-state index in [1.54, 1.807) is 12.1 Å². The molecule has 1 heterocycles. The summed E-state index contributed by atoms with van der Waals surface area (Å²) < 4.78 is 46.4. The van der Waals surface area contributed by atoms with Crippen LogP contribution in [0.15, 0.2) is 24.3 Å². The monoisotopic (exact) mass is 289 g/mol. The highest BCUT2D eigenvalue weighted by Gasteiger charge is 2.33. The number of ether oxygens (including phenoxy) is 2. The van der Waals surface area contributed by atoms with Crippen LogP contribution in [0.5, 0.6) is 5.75 Å². The fraction of sp³-hybridized carbons (Fsp3) is 0.462. The van der Waals surface area contributed by atoms with Gasteiger partial charge in [-0.15, -0.1) is 13.2 Å². The number of hydrogen-bond acceptors (Lipinski definition) is 3.